The zero-order chi connectivity index (χ0) is 20.9. The maximum atomic E-state index is 12.8. The van der Waals surface area contributed by atoms with Crippen molar-refractivity contribution in [2.24, 2.45) is 5.92 Å². The molecule has 0 unspecified atom stereocenters. The molecule has 1 aliphatic heterocycles. The lowest BCUT2D eigenvalue weighted by Crippen LogP contribution is -2.41. The lowest BCUT2D eigenvalue weighted by Gasteiger charge is -2.32. The zero-order valence-corrected chi connectivity index (χ0v) is 17.3. The third-order valence-corrected chi connectivity index (χ3v) is 5.52. The summed E-state index contributed by atoms with van der Waals surface area (Å²) in [7, 11) is 3.51. The average Bonchev–Trinajstić information content (AvgIpc) is 3.30. The number of benzene rings is 2. The summed E-state index contributed by atoms with van der Waals surface area (Å²) in [6.45, 7) is 2.08. The van der Waals surface area contributed by atoms with Crippen molar-refractivity contribution in [3.63, 3.8) is 0 Å². The first-order valence-corrected chi connectivity index (χ1v) is 10.2. The molecular weight excluding hydrogens is 380 g/mol. The van der Waals surface area contributed by atoms with E-state index in [2.05, 4.69) is 15.0 Å². The van der Waals surface area contributed by atoms with Crippen LogP contribution >= 0.6 is 0 Å². The Morgan fingerprint density at radius 1 is 1.13 bits per heavy atom. The summed E-state index contributed by atoms with van der Waals surface area (Å²) in [5.41, 5.74) is 2.01. The Labute approximate surface area is 176 Å². The first kappa shape index (κ1) is 19.9. The predicted molar refractivity (Wildman–Crippen MR) is 114 cm³/mol. The number of amides is 1. The minimum Gasteiger partial charge on any atom is -0.497 e. The molecular formula is C23H26N4O3. The molecule has 2 heterocycles. The van der Waals surface area contributed by atoms with Crippen LogP contribution in [0.25, 0.3) is 11.4 Å². The van der Waals surface area contributed by atoms with Gasteiger partial charge in [0.15, 0.2) is 0 Å². The summed E-state index contributed by atoms with van der Waals surface area (Å²) in [5, 5.41) is 4.10. The maximum Gasteiger partial charge on any atom is 0.324 e. The topological polar surface area (TPSA) is 71.7 Å². The van der Waals surface area contributed by atoms with E-state index in [0.29, 0.717) is 18.4 Å². The molecule has 1 amide bonds. The fourth-order valence-electron chi connectivity index (χ4n) is 3.77. The first-order valence-electron chi connectivity index (χ1n) is 10.2. The first-order chi connectivity index (χ1) is 14.6. The average molecular weight is 406 g/mol. The number of carbonyl (C=O) groups is 1. The number of methoxy groups -OCH3 is 1. The normalized spacial score (nSPS) is 14.5. The van der Waals surface area contributed by atoms with Gasteiger partial charge in [0, 0.05) is 38.2 Å². The summed E-state index contributed by atoms with van der Waals surface area (Å²) in [4.78, 5) is 21.2. The van der Waals surface area contributed by atoms with Crippen LogP contribution in [0.1, 0.15) is 18.4 Å². The van der Waals surface area contributed by atoms with E-state index in [-0.39, 0.29) is 11.8 Å². The van der Waals surface area contributed by atoms with Crippen molar-refractivity contribution in [2.45, 2.75) is 19.4 Å². The van der Waals surface area contributed by atoms with Crippen LogP contribution in [0.4, 0.5) is 6.01 Å². The van der Waals surface area contributed by atoms with Crippen molar-refractivity contribution in [3.8, 4) is 17.1 Å². The number of hydrogen-bond donors (Lipinski definition) is 0. The fourth-order valence-corrected chi connectivity index (χ4v) is 3.77. The number of anilines is 1. The van der Waals surface area contributed by atoms with Crippen LogP contribution in [-0.2, 0) is 11.3 Å². The smallest absolute Gasteiger partial charge is 0.324 e. The van der Waals surface area contributed by atoms with Crippen LogP contribution in [0.3, 0.4) is 0 Å². The van der Waals surface area contributed by atoms with E-state index in [9.17, 15) is 4.79 Å². The van der Waals surface area contributed by atoms with Crippen LogP contribution in [0.15, 0.2) is 59.1 Å². The summed E-state index contributed by atoms with van der Waals surface area (Å²) in [6, 6.07) is 18.1. The molecule has 3 aromatic rings. The van der Waals surface area contributed by atoms with E-state index in [0.717, 1.165) is 42.8 Å². The van der Waals surface area contributed by atoms with Gasteiger partial charge in [-0.15, -0.1) is 0 Å². The maximum absolute atomic E-state index is 12.8. The number of nitrogens with zero attached hydrogens (tertiary/aromatic N) is 4. The summed E-state index contributed by atoms with van der Waals surface area (Å²) >= 11 is 0. The molecule has 30 heavy (non-hydrogen) atoms. The van der Waals surface area contributed by atoms with Crippen LogP contribution in [0, 0.1) is 5.92 Å². The van der Waals surface area contributed by atoms with Gasteiger partial charge in [0.1, 0.15) is 5.75 Å². The van der Waals surface area contributed by atoms with Gasteiger partial charge in [-0.2, -0.15) is 4.98 Å². The molecule has 0 spiro atoms. The lowest BCUT2D eigenvalue weighted by molar-refractivity contribution is -0.135. The number of aromatic nitrogens is 2. The largest absolute Gasteiger partial charge is 0.497 e. The highest BCUT2D eigenvalue weighted by molar-refractivity contribution is 5.79. The zero-order valence-electron chi connectivity index (χ0n) is 17.3. The highest BCUT2D eigenvalue weighted by Crippen LogP contribution is 2.26. The summed E-state index contributed by atoms with van der Waals surface area (Å²) < 4.78 is 10.7. The molecule has 1 aromatic heterocycles. The molecule has 0 bridgehead atoms. The van der Waals surface area contributed by atoms with Gasteiger partial charge in [0.2, 0.25) is 11.7 Å². The van der Waals surface area contributed by atoms with E-state index in [4.69, 9.17) is 9.26 Å². The standard InChI is InChI=1S/C23H26N4O3/c1-26(16-17-6-4-3-5-7-17)22(28)19-12-14-27(15-13-19)23-24-21(25-30-23)18-8-10-20(29-2)11-9-18/h3-11,19H,12-16H2,1-2H3. The SMILES string of the molecule is COc1ccc(-c2noc(N3CCC(C(=O)N(C)Cc4ccccc4)CC3)n2)cc1. The van der Waals surface area contributed by atoms with Gasteiger partial charge in [-0.25, -0.2) is 0 Å². The van der Waals surface area contributed by atoms with Crippen molar-refractivity contribution in [3.05, 3.63) is 60.2 Å². The molecule has 0 radical (unpaired) electrons. The fraction of sp³-hybridized carbons (Fsp3) is 0.348. The second-order valence-electron chi connectivity index (χ2n) is 7.57. The third kappa shape index (κ3) is 4.45. The van der Waals surface area contributed by atoms with Gasteiger partial charge in [-0.3, -0.25) is 4.79 Å². The van der Waals surface area contributed by atoms with Crippen molar-refractivity contribution in [2.75, 3.05) is 32.1 Å². The minimum atomic E-state index is 0.0268. The second kappa shape index (κ2) is 8.98. The molecule has 0 atom stereocenters. The van der Waals surface area contributed by atoms with Gasteiger partial charge < -0.3 is 19.1 Å². The number of rotatable bonds is 6. The van der Waals surface area contributed by atoms with E-state index >= 15 is 0 Å². The molecule has 156 valence electrons. The molecule has 1 aliphatic rings. The molecule has 1 fully saturated rings. The van der Waals surface area contributed by atoms with E-state index < -0.39 is 0 Å². The Hall–Kier alpha value is -3.35. The predicted octanol–water partition coefficient (Wildman–Crippen LogP) is 3.62. The molecule has 2 aromatic carbocycles. The van der Waals surface area contributed by atoms with Gasteiger partial charge in [-0.05, 0) is 42.7 Å². The highest BCUT2D eigenvalue weighted by Gasteiger charge is 2.29. The molecule has 4 rings (SSSR count). The molecule has 0 saturated carbocycles. The monoisotopic (exact) mass is 406 g/mol. The van der Waals surface area contributed by atoms with Crippen LogP contribution < -0.4 is 9.64 Å². The number of piperidine rings is 1. The second-order valence-corrected chi connectivity index (χ2v) is 7.57. The van der Waals surface area contributed by atoms with Crippen molar-refractivity contribution < 1.29 is 14.1 Å². The minimum absolute atomic E-state index is 0.0268. The number of hydrogen-bond acceptors (Lipinski definition) is 6. The highest BCUT2D eigenvalue weighted by atomic mass is 16.5. The van der Waals surface area contributed by atoms with Crippen molar-refractivity contribution in [1.82, 2.24) is 15.0 Å². The van der Waals surface area contributed by atoms with E-state index in [1.54, 1.807) is 7.11 Å². The third-order valence-electron chi connectivity index (χ3n) is 5.52. The number of carbonyl (C=O) groups excluding carboxylic acids is 1. The quantitative estimate of drug-likeness (QED) is 0.623. The number of ether oxygens (including phenoxy) is 1. The molecule has 7 nitrogen and oxygen atoms in total. The Bertz CT molecular complexity index is 964. The van der Waals surface area contributed by atoms with Crippen molar-refractivity contribution in [1.29, 1.82) is 0 Å². The van der Waals surface area contributed by atoms with E-state index in [1.807, 2.05) is 66.5 Å². The Morgan fingerprint density at radius 2 is 1.83 bits per heavy atom. The van der Waals surface area contributed by atoms with Crippen LogP contribution in [-0.4, -0.2) is 48.2 Å². The molecule has 0 N–H and O–H groups in total. The van der Waals surface area contributed by atoms with Gasteiger partial charge >= 0.3 is 6.01 Å². The molecule has 1 saturated heterocycles. The Morgan fingerprint density at radius 3 is 2.50 bits per heavy atom. The van der Waals surface area contributed by atoms with Crippen molar-refractivity contribution >= 4 is 11.9 Å². The molecule has 7 heteroatoms. The van der Waals surface area contributed by atoms with Gasteiger partial charge in [0.25, 0.3) is 0 Å². The van der Waals surface area contributed by atoms with Gasteiger partial charge in [-0.1, -0.05) is 35.5 Å². The van der Waals surface area contributed by atoms with Gasteiger partial charge in [0.05, 0.1) is 7.11 Å². The van der Waals surface area contributed by atoms with E-state index in [1.165, 1.54) is 0 Å². The van der Waals surface area contributed by atoms with Crippen LogP contribution in [0.5, 0.6) is 5.75 Å². The summed E-state index contributed by atoms with van der Waals surface area (Å²) in [5.74, 6) is 1.56. The summed E-state index contributed by atoms with van der Waals surface area (Å²) in [6.07, 6.45) is 1.55. The Balaban J connectivity index is 1.33. The molecule has 0 aliphatic carbocycles. The lowest BCUT2D eigenvalue weighted by atomic mass is 9.95. The van der Waals surface area contributed by atoms with Crippen LogP contribution in [0.2, 0.25) is 0 Å². The Kier molecular flexibility index (Phi) is 5.97.